The monoisotopic (exact) mass is 382 g/mol. The Bertz CT molecular complexity index is 995. The summed E-state index contributed by atoms with van der Waals surface area (Å²) in [5.74, 6) is -1.95. The maximum absolute atomic E-state index is 13.4. The van der Waals surface area contributed by atoms with Gasteiger partial charge in [0.15, 0.2) is 0 Å². The molecule has 0 atom stereocenters. The molecule has 3 nitrogen and oxygen atoms in total. The summed E-state index contributed by atoms with van der Waals surface area (Å²) in [5, 5.41) is 6.22. The second-order valence-corrected chi connectivity index (χ2v) is 6.75. The average Bonchev–Trinajstić information content (AvgIpc) is 2.93. The van der Waals surface area contributed by atoms with Gasteiger partial charge in [0.05, 0.1) is 11.3 Å². The van der Waals surface area contributed by atoms with Gasteiger partial charge in [-0.05, 0) is 36.8 Å². The molecule has 1 heterocycles. The summed E-state index contributed by atoms with van der Waals surface area (Å²) < 4.78 is 52.7. The molecule has 2 aromatic carbocycles. The van der Waals surface area contributed by atoms with Crippen molar-refractivity contribution in [3.8, 4) is 0 Å². The highest BCUT2D eigenvalue weighted by Gasteiger charge is 2.34. The zero-order chi connectivity index (χ0) is 19.1. The van der Waals surface area contributed by atoms with Crippen molar-refractivity contribution < 1.29 is 22.4 Å². The normalized spacial score (nSPS) is 11.6. The molecule has 0 unspecified atom stereocenters. The average molecular weight is 382 g/mol. The molecule has 3 aromatic rings. The van der Waals surface area contributed by atoms with Crippen LogP contribution in [0.2, 0.25) is 0 Å². The predicted molar refractivity (Wildman–Crippen MR) is 95.5 cm³/mol. The number of hydrogen-bond acceptors (Lipinski definition) is 3. The molecule has 1 amide bonds. The summed E-state index contributed by atoms with van der Waals surface area (Å²) in [7, 11) is 1.66. The highest BCUT2D eigenvalue weighted by Crippen LogP contribution is 2.37. The first-order chi connectivity index (χ1) is 12.2. The van der Waals surface area contributed by atoms with E-state index in [2.05, 4.69) is 10.6 Å². The van der Waals surface area contributed by atoms with Gasteiger partial charge in [0.1, 0.15) is 10.7 Å². The molecule has 0 fully saturated rings. The number of amides is 1. The molecule has 0 aliphatic carbocycles. The van der Waals surface area contributed by atoms with Crippen LogP contribution in [0.15, 0.2) is 36.4 Å². The van der Waals surface area contributed by atoms with Crippen molar-refractivity contribution in [2.45, 2.75) is 13.1 Å². The van der Waals surface area contributed by atoms with Gasteiger partial charge in [-0.15, -0.1) is 11.3 Å². The summed E-state index contributed by atoms with van der Waals surface area (Å²) in [6.45, 7) is 1.93. The van der Waals surface area contributed by atoms with Crippen LogP contribution in [0.25, 0.3) is 10.1 Å². The minimum Gasteiger partial charge on any atom is -0.386 e. The molecular weight excluding hydrogens is 368 g/mol. The second kappa shape index (κ2) is 6.60. The number of carbonyl (C=O) groups is 1. The number of benzene rings is 2. The summed E-state index contributed by atoms with van der Waals surface area (Å²) in [4.78, 5) is 12.9. The molecule has 0 saturated carbocycles. The number of nitrogens with one attached hydrogen (secondary N) is 2. The predicted octanol–water partition coefficient (Wildman–Crippen LogP) is 5.66. The Morgan fingerprint density at radius 2 is 1.85 bits per heavy atom. The summed E-state index contributed by atoms with van der Waals surface area (Å²) in [6.07, 6.45) is -4.84. The van der Waals surface area contributed by atoms with E-state index in [1.54, 1.807) is 7.05 Å². The molecule has 1 aromatic heterocycles. The van der Waals surface area contributed by atoms with E-state index >= 15 is 0 Å². The third kappa shape index (κ3) is 3.37. The molecule has 26 heavy (non-hydrogen) atoms. The number of thiophene rings is 1. The third-order valence-electron chi connectivity index (χ3n) is 3.83. The number of halogens is 4. The fourth-order valence-corrected chi connectivity index (χ4v) is 3.82. The Labute approximate surface area is 150 Å². The van der Waals surface area contributed by atoms with Crippen molar-refractivity contribution in [1.29, 1.82) is 0 Å². The van der Waals surface area contributed by atoms with Crippen molar-refractivity contribution >= 4 is 38.7 Å². The van der Waals surface area contributed by atoms with E-state index in [1.807, 2.05) is 25.1 Å². The van der Waals surface area contributed by atoms with Gasteiger partial charge in [-0.2, -0.15) is 13.2 Å². The number of fused-ring (bicyclic) bond motifs is 1. The Balaban J connectivity index is 1.97. The number of rotatable bonds is 3. The van der Waals surface area contributed by atoms with Crippen molar-refractivity contribution in [2.24, 2.45) is 0 Å². The zero-order valence-corrected chi connectivity index (χ0v) is 14.6. The van der Waals surface area contributed by atoms with E-state index in [0.717, 1.165) is 21.7 Å². The van der Waals surface area contributed by atoms with Crippen LogP contribution >= 0.6 is 11.3 Å². The van der Waals surface area contributed by atoms with Gasteiger partial charge in [-0.3, -0.25) is 4.79 Å². The van der Waals surface area contributed by atoms with Gasteiger partial charge < -0.3 is 10.6 Å². The quantitative estimate of drug-likeness (QED) is 0.574. The Kier molecular flexibility index (Phi) is 4.62. The SMILES string of the molecule is CNc1c(C(=O)Nc2ccc(F)c(C(F)(F)F)c2)sc2cc(C)ccc12. The van der Waals surface area contributed by atoms with Crippen LogP contribution in [0.4, 0.5) is 28.9 Å². The zero-order valence-electron chi connectivity index (χ0n) is 13.8. The fourth-order valence-electron chi connectivity index (χ4n) is 2.62. The van der Waals surface area contributed by atoms with Crippen LogP contribution in [0, 0.1) is 12.7 Å². The lowest BCUT2D eigenvalue weighted by molar-refractivity contribution is -0.139. The third-order valence-corrected chi connectivity index (χ3v) is 4.98. The van der Waals surface area contributed by atoms with Crippen LogP contribution in [0.5, 0.6) is 0 Å². The lowest BCUT2D eigenvalue weighted by atomic mass is 10.1. The topological polar surface area (TPSA) is 41.1 Å². The number of aryl methyl sites for hydroxylation is 1. The summed E-state index contributed by atoms with van der Waals surface area (Å²) in [6, 6.07) is 8.09. The molecule has 136 valence electrons. The smallest absolute Gasteiger partial charge is 0.386 e. The van der Waals surface area contributed by atoms with Gasteiger partial charge in [0.2, 0.25) is 0 Å². The number of hydrogen-bond donors (Lipinski definition) is 2. The van der Waals surface area contributed by atoms with E-state index in [9.17, 15) is 22.4 Å². The molecule has 8 heteroatoms. The lowest BCUT2D eigenvalue weighted by Crippen LogP contribution is -2.14. The van der Waals surface area contributed by atoms with E-state index in [1.165, 1.54) is 11.3 Å². The van der Waals surface area contributed by atoms with Gasteiger partial charge in [0, 0.05) is 22.8 Å². The maximum atomic E-state index is 13.4. The first-order valence-corrected chi connectivity index (χ1v) is 8.41. The highest BCUT2D eigenvalue weighted by molar-refractivity contribution is 7.21. The first kappa shape index (κ1) is 18.2. The second-order valence-electron chi connectivity index (χ2n) is 5.70. The Morgan fingerprint density at radius 1 is 1.12 bits per heavy atom. The van der Waals surface area contributed by atoms with Crippen LogP contribution in [0.3, 0.4) is 0 Å². The summed E-state index contributed by atoms with van der Waals surface area (Å²) >= 11 is 1.23. The molecule has 0 aliphatic heterocycles. The number of anilines is 2. The summed E-state index contributed by atoms with van der Waals surface area (Å²) in [5.41, 5.74) is 0.0814. The minimum absolute atomic E-state index is 0.126. The van der Waals surface area contributed by atoms with Crippen LogP contribution < -0.4 is 10.6 Å². The van der Waals surface area contributed by atoms with Gasteiger partial charge in [-0.1, -0.05) is 12.1 Å². The highest BCUT2D eigenvalue weighted by atomic mass is 32.1. The van der Waals surface area contributed by atoms with Gasteiger partial charge in [0.25, 0.3) is 5.91 Å². The molecule has 0 spiro atoms. The van der Waals surface area contributed by atoms with Crippen LogP contribution in [-0.2, 0) is 6.18 Å². The van der Waals surface area contributed by atoms with Crippen LogP contribution in [-0.4, -0.2) is 13.0 Å². The molecule has 3 rings (SSSR count). The minimum atomic E-state index is -4.84. The Hall–Kier alpha value is -2.61. The molecule has 0 radical (unpaired) electrons. The van der Waals surface area contributed by atoms with E-state index in [4.69, 9.17) is 0 Å². The molecule has 0 bridgehead atoms. The lowest BCUT2D eigenvalue weighted by Gasteiger charge is -2.11. The van der Waals surface area contributed by atoms with Crippen molar-refractivity contribution in [1.82, 2.24) is 0 Å². The standard InChI is InChI=1S/C18H14F4N2OS/c1-9-3-5-11-14(7-9)26-16(15(11)23-2)17(25)24-10-4-6-13(19)12(8-10)18(20,21)22/h3-8,23H,1-2H3,(H,24,25). The molecule has 2 N–H and O–H groups in total. The Morgan fingerprint density at radius 3 is 2.50 bits per heavy atom. The van der Waals surface area contributed by atoms with Gasteiger partial charge >= 0.3 is 6.18 Å². The van der Waals surface area contributed by atoms with Gasteiger partial charge in [-0.25, -0.2) is 4.39 Å². The number of alkyl halides is 3. The fraction of sp³-hybridized carbons (Fsp3) is 0.167. The van der Waals surface area contributed by atoms with Crippen LogP contribution in [0.1, 0.15) is 20.8 Å². The number of carbonyl (C=O) groups excluding carboxylic acids is 1. The van der Waals surface area contributed by atoms with E-state index in [0.29, 0.717) is 22.7 Å². The van der Waals surface area contributed by atoms with E-state index in [-0.39, 0.29) is 5.69 Å². The largest absolute Gasteiger partial charge is 0.419 e. The molecular formula is C18H14F4N2OS. The van der Waals surface area contributed by atoms with Crippen molar-refractivity contribution in [3.05, 3.63) is 58.2 Å². The molecule has 0 saturated heterocycles. The van der Waals surface area contributed by atoms with E-state index < -0.39 is 23.5 Å². The van der Waals surface area contributed by atoms with Crippen molar-refractivity contribution in [2.75, 3.05) is 17.7 Å². The maximum Gasteiger partial charge on any atom is 0.419 e. The molecule has 0 aliphatic rings. The van der Waals surface area contributed by atoms with Crippen molar-refractivity contribution in [3.63, 3.8) is 0 Å². The first-order valence-electron chi connectivity index (χ1n) is 7.59.